The Kier molecular flexibility index (Phi) is 5.48. The van der Waals surface area contributed by atoms with Crippen molar-refractivity contribution in [3.8, 4) is 5.75 Å². The lowest BCUT2D eigenvalue weighted by molar-refractivity contribution is 0.0714. The lowest BCUT2D eigenvalue weighted by Gasteiger charge is -2.25. The van der Waals surface area contributed by atoms with Gasteiger partial charge in [-0.05, 0) is 74.2 Å². The average Bonchev–Trinajstić information content (AvgIpc) is 3.09. The molecule has 0 bridgehead atoms. The molecule has 1 aromatic heterocycles. The van der Waals surface area contributed by atoms with Gasteiger partial charge in [-0.3, -0.25) is 9.59 Å². The second kappa shape index (κ2) is 8.49. The van der Waals surface area contributed by atoms with Crippen LogP contribution in [0.25, 0.3) is 11.0 Å². The maximum atomic E-state index is 13.8. The number of rotatable bonds is 5. The fourth-order valence-corrected chi connectivity index (χ4v) is 4.59. The third-order valence-corrected chi connectivity index (χ3v) is 6.56. The summed E-state index contributed by atoms with van der Waals surface area (Å²) < 4.78 is 11.7. The van der Waals surface area contributed by atoms with Crippen LogP contribution in [0.3, 0.4) is 0 Å². The minimum absolute atomic E-state index is 0.131. The fraction of sp³-hybridized carbons (Fsp3) is 0.241. The highest BCUT2D eigenvalue weighted by atomic mass is 16.5. The van der Waals surface area contributed by atoms with E-state index < -0.39 is 6.04 Å². The summed E-state index contributed by atoms with van der Waals surface area (Å²) in [5.41, 5.74) is 5.71. The average molecular weight is 454 g/mol. The summed E-state index contributed by atoms with van der Waals surface area (Å²) in [6.45, 7) is 8.84. The smallest absolute Gasteiger partial charge is 0.291 e. The van der Waals surface area contributed by atoms with E-state index in [1.54, 1.807) is 4.90 Å². The van der Waals surface area contributed by atoms with Gasteiger partial charge in [0.25, 0.3) is 5.91 Å². The van der Waals surface area contributed by atoms with E-state index in [1.807, 2.05) is 88.4 Å². The van der Waals surface area contributed by atoms with Crippen molar-refractivity contribution in [3.05, 3.63) is 110 Å². The predicted octanol–water partition coefficient (Wildman–Crippen LogP) is 5.86. The first-order valence-electron chi connectivity index (χ1n) is 11.5. The van der Waals surface area contributed by atoms with Crippen molar-refractivity contribution in [2.24, 2.45) is 0 Å². The molecule has 0 radical (unpaired) electrons. The number of hydrogen-bond donors (Lipinski definition) is 0. The van der Waals surface area contributed by atoms with Crippen molar-refractivity contribution in [1.29, 1.82) is 0 Å². The molecular formula is C29H27NO4. The fourth-order valence-electron chi connectivity index (χ4n) is 4.59. The van der Waals surface area contributed by atoms with Crippen LogP contribution in [-0.2, 0) is 6.54 Å². The molecule has 0 fully saturated rings. The molecular weight excluding hydrogens is 426 g/mol. The van der Waals surface area contributed by atoms with E-state index in [4.69, 9.17) is 9.15 Å². The Balaban J connectivity index is 1.69. The Hall–Kier alpha value is -3.86. The molecule has 5 heteroatoms. The lowest BCUT2D eigenvalue weighted by Crippen LogP contribution is -2.29. The Labute approximate surface area is 198 Å². The molecule has 3 aromatic carbocycles. The Morgan fingerprint density at radius 1 is 0.912 bits per heavy atom. The topological polar surface area (TPSA) is 59.8 Å². The van der Waals surface area contributed by atoms with Crippen LogP contribution >= 0.6 is 0 Å². The maximum absolute atomic E-state index is 13.8. The van der Waals surface area contributed by atoms with Crippen molar-refractivity contribution in [1.82, 2.24) is 4.90 Å². The van der Waals surface area contributed by atoms with Crippen molar-refractivity contribution in [3.63, 3.8) is 0 Å². The van der Waals surface area contributed by atoms with Crippen molar-refractivity contribution < 1.29 is 13.9 Å². The van der Waals surface area contributed by atoms with Crippen LogP contribution in [0.4, 0.5) is 0 Å². The monoisotopic (exact) mass is 453 g/mol. The zero-order valence-electron chi connectivity index (χ0n) is 19.8. The van der Waals surface area contributed by atoms with Gasteiger partial charge < -0.3 is 14.1 Å². The molecule has 5 nitrogen and oxygen atoms in total. The van der Waals surface area contributed by atoms with Gasteiger partial charge in [0.2, 0.25) is 5.76 Å². The van der Waals surface area contributed by atoms with Crippen molar-refractivity contribution in [2.45, 2.75) is 40.3 Å². The van der Waals surface area contributed by atoms with E-state index in [1.165, 1.54) is 0 Å². The quantitative estimate of drug-likeness (QED) is 0.380. The second-order valence-electron chi connectivity index (χ2n) is 8.93. The van der Waals surface area contributed by atoms with E-state index in [2.05, 4.69) is 0 Å². The van der Waals surface area contributed by atoms with E-state index in [9.17, 15) is 9.59 Å². The summed E-state index contributed by atoms with van der Waals surface area (Å²) in [6, 6.07) is 18.8. The molecule has 1 atom stereocenters. The normalized spacial score (nSPS) is 15.1. The molecule has 0 spiro atoms. The summed E-state index contributed by atoms with van der Waals surface area (Å²) in [5, 5.41) is 0.503. The van der Waals surface area contributed by atoms with Gasteiger partial charge in [-0.2, -0.15) is 0 Å². The number of ether oxygens (including phenoxy) is 1. The molecule has 1 aliphatic heterocycles. The number of benzene rings is 3. The maximum Gasteiger partial charge on any atom is 0.291 e. The summed E-state index contributed by atoms with van der Waals surface area (Å²) in [6.07, 6.45) is 0. The number of carbonyl (C=O) groups is 1. The highest BCUT2D eigenvalue weighted by molar-refractivity contribution is 5.99. The molecule has 5 rings (SSSR count). The first-order chi connectivity index (χ1) is 16.4. The Bertz CT molecular complexity index is 1450. The standard InChI is InChI=1S/C29H27NO4/c1-5-33-22-12-10-21(11-13-22)26-25-27(31)23-14-18(3)19(4)15-24(23)34-28(25)29(32)30(26)16-20-8-6-17(2)7-9-20/h6-15,26H,5,16H2,1-4H3. The zero-order chi connectivity index (χ0) is 24.0. The molecule has 0 saturated heterocycles. The van der Waals surface area contributed by atoms with Crippen LogP contribution in [-0.4, -0.2) is 17.4 Å². The van der Waals surface area contributed by atoms with Gasteiger partial charge in [-0.1, -0.05) is 42.0 Å². The molecule has 0 aliphatic carbocycles. The summed E-state index contributed by atoms with van der Waals surface area (Å²) >= 11 is 0. The molecule has 1 aliphatic rings. The molecule has 172 valence electrons. The van der Waals surface area contributed by atoms with Crippen LogP contribution < -0.4 is 10.2 Å². The lowest BCUT2D eigenvalue weighted by atomic mass is 9.97. The van der Waals surface area contributed by atoms with E-state index in [-0.39, 0.29) is 17.1 Å². The third-order valence-electron chi connectivity index (χ3n) is 6.56. The summed E-state index contributed by atoms with van der Waals surface area (Å²) in [5.74, 6) is 0.607. The molecule has 34 heavy (non-hydrogen) atoms. The van der Waals surface area contributed by atoms with Gasteiger partial charge in [0.15, 0.2) is 5.43 Å². The number of fused-ring (bicyclic) bond motifs is 2. The summed E-state index contributed by atoms with van der Waals surface area (Å²) in [4.78, 5) is 29.1. The van der Waals surface area contributed by atoms with Crippen molar-refractivity contribution >= 4 is 16.9 Å². The van der Waals surface area contributed by atoms with Gasteiger partial charge in [-0.15, -0.1) is 0 Å². The largest absolute Gasteiger partial charge is 0.494 e. The zero-order valence-corrected chi connectivity index (χ0v) is 19.8. The first kappa shape index (κ1) is 22.0. The van der Waals surface area contributed by atoms with Crippen LogP contribution in [0.15, 0.2) is 69.9 Å². The molecule has 0 N–H and O–H groups in total. The molecule has 2 heterocycles. The Morgan fingerprint density at radius 2 is 1.59 bits per heavy atom. The van der Waals surface area contributed by atoms with Gasteiger partial charge in [0.05, 0.1) is 23.6 Å². The number of amides is 1. The first-order valence-corrected chi connectivity index (χ1v) is 11.5. The molecule has 4 aromatic rings. The van der Waals surface area contributed by atoms with Crippen LogP contribution in [0, 0.1) is 20.8 Å². The number of aryl methyl sites for hydroxylation is 3. The molecule has 1 amide bonds. The van der Waals surface area contributed by atoms with Crippen LogP contribution in [0.1, 0.15) is 56.9 Å². The number of carbonyl (C=O) groups excluding carboxylic acids is 1. The summed E-state index contributed by atoms with van der Waals surface area (Å²) in [7, 11) is 0. The Morgan fingerprint density at radius 3 is 2.26 bits per heavy atom. The number of nitrogens with zero attached hydrogens (tertiary/aromatic N) is 1. The predicted molar refractivity (Wildman–Crippen MR) is 132 cm³/mol. The molecule has 1 unspecified atom stereocenters. The minimum Gasteiger partial charge on any atom is -0.494 e. The van der Waals surface area contributed by atoms with Crippen LogP contribution in [0.5, 0.6) is 5.75 Å². The third kappa shape index (κ3) is 3.67. The van der Waals surface area contributed by atoms with Gasteiger partial charge in [-0.25, -0.2) is 0 Å². The highest BCUT2D eigenvalue weighted by Crippen LogP contribution is 2.39. The van der Waals surface area contributed by atoms with E-state index in [0.29, 0.717) is 29.7 Å². The van der Waals surface area contributed by atoms with Gasteiger partial charge in [0.1, 0.15) is 11.3 Å². The highest BCUT2D eigenvalue weighted by Gasteiger charge is 2.42. The SMILES string of the molecule is CCOc1ccc(C2c3c(oc4cc(C)c(C)cc4c3=O)C(=O)N2Cc2ccc(C)cc2)cc1. The van der Waals surface area contributed by atoms with E-state index in [0.717, 1.165) is 33.6 Å². The van der Waals surface area contributed by atoms with Gasteiger partial charge >= 0.3 is 0 Å². The van der Waals surface area contributed by atoms with Crippen LogP contribution in [0.2, 0.25) is 0 Å². The van der Waals surface area contributed by atoms with E-state index >= 15 is 0 Å². The van der Waals surface area contributed by atoms with Crippen molar-refractivity contribution in [2.75, 3.05) is 6.61 Å². The molecule has 0 saturated carbocycles. The minimum atomic E-state index is -0.540. The second-order valence-corrected chi connectivity index (χ2v) is 8.93. The number of hydrogen-bond acceptors (Lipinski definition) is 4. The van der Waals surface area contributed by atoms with Gasteiger partial charge in [0, 0.05) is 6.54 Å².